The molecule has 1 saturated heterocycles. The molecule has 1 aromatic carbocycles. The van der Waals surface area contributed by atoms with E-state index in [0.717, 1.165) is 33.5 Å². The molecule has 33 heavy (non-hydrogen) atoms. The second-order valence-electron chi connectivity index (χ2n) is 9.48. The molecule has 8 heteroatoms. The number of nitrogens with zero attached hydrogens (tertiary/aromatic N) is 3. The molecule has 0 amide bonds. The number of carbonyl (C=O) groups is 1. The third-order valence-electron chi connectivity index (χ3n) is 8.00. The molecule has 170 valence electrons. The van der Waals surface area contributed by atoms with Crippen molar-refractivity contribution in [1.82, 2.24) is 10.2 Å². The number of ether oxygens (including phenoxy) is 2. The van der Waals surface area contributed by atoms with Crippen LogP contribution in [0.4, 0.5) is 0 Å². The van der Waals surface area contributed by atoms with Crippen LogP contribution in [0.25, 0.3) is 0 Å². The SMILES string of the molecule is COC1=C(C)C(=O)C2=C3C1=NCC3N1C(C2)[C@@H]2N[C@@H](Cc3cc(C)c(OC)c(O)c32)[C@@H]1C#N. The van der Waals surface area contributed by atoms with E-state index in [2.05, 4.69) is 22.4 Å². The van der Waals surface area contributed by atoms with Gasteiger partial charge < -0.3 is 19.9 Å². The Morgan fingerprint density at radius 3 is 2.76 bits per heavy atom. The third-order valence-corrected chi connectivity index (χ3v) is 8.00. The Morgan fingerprint density at radius 1 is 1.27 bits per heavy atom. The summed E-state index contributed by atoms with van der Waals surface area (Å²) in [6, 6.07) is 3.61. The maximum absolute atomic E-state index is 13.4. The Balaban J connectivity index is 1.53. The van der Waals surface area contributed by atoms with Gasteiger partial charge in [-0.05, 0) is 37.8 Å². The molecule has 5 atom stereocenters. The number of fused-ring (bicyclic) bond motifs is 7. The molecule has 4 aliphatic heterocycles. The maximum Gasteiger partial charge on any atom is 0.188 e. The van der Waals surface area contributed by atoms with Gasteiger partial charge in [0.1, 0.15) is 11.8 Å². The fraction of sp³-hybridized carbons (Fsp3) is 0.480. The Morgan fingerprint density at radius 2 is 2.06 bits per heavy atom. The predicted octanol–water partition coefficient (Wildman–Crippen LogP) is 1.87. The van der Waals surface area contributed by atoms with Gasteiger partial charge in [-0.25, -0.2) is 0 Å². The van der Waals surface area contributed by atoms with E-state index < -0.39 is 0 Å². The lowest BCUT2D eigenvalue weighted by molar-refractivity contribution is -0.113. The summed E-state index contributed by atoms with van der Waals surface area (Å²) in [5, 5.41) is 25.1. The number of hydrogen-bond donors (Lipinski definition) is 2. The van der Waals surface area contributed by atoms with Crippen molar-refractivity contribution in [2.45, 2.75) is 56.9 Å². The molecule has 4 heterocycles. The molecule has 6 rings (SSSR count). The molecule has 2 N–H and O–H groups in total. The van der Waals surface area contributed by atoms with E-state index in [0.29, 0.717) is 36.5 Å². The number of Topliss-reactive ketones (excluding diaryl/α,β-unsaturated/α-hetero) is 1. The molecule has 2 bridgehead atoms. The number of aromatic hydroxyl groups is 1. The van der Waals surface area contributed by atoms with Crippen LogP contribution in [-0.4, -0.2) is 66.4 Å². The quantitative estimate of drug-likeness (QED) is 0.668. The van der Waals surface area contributed by atoms with Gasteiger partial charge in [-0.15, -0.1) is 0 Å². The topological polar surface area (TPSA) is 107 Å². The maximum atomic E-state index is 13.4. The van der Waals surface area contributed by atoms with E-state index in [1.54, 1.807) is 21.1 Å². The molecule has 5 aliphatic rings. The molecule has 0 aromatic heterocycles. The minimum Gasteiger partial charge on any atom is -0.504 e. The van der Waals surface area contributed by atoms with Crippen molar-refractivity contribution in [3.8, 4) is 17.6 Å². The number of rotatable bonds is 2. The average molecular weight is 447 g/mol. The minimum absolute atomic E-state index is 0.00952. The van der Waals surface area contributed by atoms with Gasteiger partial charge in [0.2, 0.25) is 0 Å². The van der Waals surface area contributed by atoms with Crippen LogP contribution in [0.15, 0.2) is 33.5 Å². The molecule has 1 aliphatic carbocycles. The normalized spacial score (nSPS) is 32.0. The van der Waals surface area contributed by atoms with Crippen molar-refractivity contribution in [2.75, 3.05) is 20.8 Å². The van der Waals surface area contributed by atoms with Gasteiger partial charge in [-0.1, -0.05) is 6.07 Å². The summed E-state index contributed by atoms with van der Waals surface area (Å²) in [7, 11) is 3.13. The monoisotopic (exact) mass is 446 g/mol. The number of aliphatic imine (C=N–C) groups is 1. The Kier molecular flexibility index (Phi) is 4.29. The first-order chi connectivity index (χ1) is 15.9. The van der Waals surface area contributed by atoms with Crippen LogP contribution in [0.1, 0.15) is 36.1 Å². The van der Waals surface area contributed by atoms with Gasteiger partial charge in [0, 0.05) is 34.4 Å². The van der Waals surface area contributed by atoms with Crippen molar-refractivity contribution in [2.24, 2.45) is 4.99 Å². The third kappa shape index (κ3) is 2.47. The number of allylic oxidation sites excluding steroid dienone is 2. The van der Waals surface area contributed by atoms with Crippen molar-refractivity contribution in [3.05, 3.63) is 45.2 Å². The van der Waals surface area contributed by atoms with Crippen LogP contribution in [0, 0.1) is 18.3 Å². The van der Waals surface area contributed by atoms with Crippen molar-refractivity contribution in [3.63, 3.8) is 0 Å². The van der Waals surface area contributed by atoms with Gasteiger partial charge >= 0.3 is 0 Å². The smallest absolute Gasteiger partial charge is 0.188 e. The highest BCUT2D eigenvalue weighted by atomic mass is 16.5. The number of nitrogens with one attached hydrogen (secondary N) is 1. The molecule has 2 unspecified atom stereocenters. The number of phenolic OH excluding ortho intramolecular Hbond substituents is 1. The summed E-state index contributed by atoms with van der Waals surface area (Å²) in [5.41, 5.74) is 5.74. The molecule has 1 aromatic rings. The number of benzene rings is 1. The fourth-order valence-corrected chi connectivity index (χ4v) is 6.73. The lowest BCUT2D eigenvalue weighted by Gasteiger charge is -2.56. The van der Waals surface area contributed by atoms with Crippen LogP contribution < -0.4 is 10.1 Å². The molecule has 8 nitrogen and oxygen atoms in total. The first-order valence-electron chi connectivity index (χ1n) is 11.3. The van der Waals surface area contributed by atoms with E-state index in [9.17, 15) is 15.2 Å². The molecule has 1 fully saturated rings. The lowest BCUT2D eigenvalue weighted by Crippen LogP contribution is -2.69. The van der Waals surface area contributed by atoms with Gasteiger partial charge in [0.25, 0.3) is 0 Å². The molecule has 0 radical (unpaired) electrons. The number of piperazine rings is 1. The Labute approximate surface area is 192 Å². The highest BCUT2D eigenvalue weighted by Crippen LogP contribution is 2.51. The highest BCUT2D eigenvalue weighted by molar-refractivity contribution is 6.27. The number of ketones is 1. The first kappa shape index (κ1) is 20.5. The second kappa shape index (κ2) is 6.92. The van der Waals surface area contributed by atoms with E-state index in [-0.39, 0.29) is 41.7 Å². The Bertz CT molecular complexity index is 1250. The van der Waals surface area contributed by atoms with E-state index in [4.69, 9.17) is 14.5 Å². The van der Waals surface area contributed by atoms with Crippen LogP contribution in [0.3, 0.4) is 0 Å². The van der Waals surface area contributed by atoms with Gasteiger partial charge in [-0.3, -0.25) is 14.7 Å². The number of methoxy groups -OCH3 is 2. The van der Waals surface area contributed by atoms with E-state index in [1.165, 1.54) is 0 Å². The molecule has 0 saturated carbocycles. The summed E-state index contributed by atoms with van der Waals surface area (Å²) >= 11 is 0. The lowest BCUT2D eigenvalue weighted by atomic mass is 9.71. The largest absolute Gasteiger partial charge is 0.504 e. The first-order valence-corrected chi connectivity index (χ1v) is 11.3. The van der Waals surface area contributed by atoms with Gasteiger partial charge in [0.15, 0.2) is 23.0 Å². The highest BCUT2D eigenvalue weighted by Gasteiger charge is 2.56. The Hall–Kier alpha value is -3.15. The van der Waals surface area contributed by atoms with Crippen molar-refractivity contribution < 1.29 is 19.4 Å². The number of carbonyl (C=O) groups excluding carboxylic acids is 1. The number of hydrogen-bond acceptors (Lipinski definition) is 8. The minimum atomic E-state index is -0.370. The van der Waals surface area contributed by atoms with Crippen LogP contribution in [0.2, 0.25) is 0 Å². The number of aryl methyl sites for hydroxylation is 1. The summed E-state index contributed by atoms with van der Waals surface area (Å²) in [6.07, 6.45) is 1.12. The van der Waals surface area contributed by atoms with Crippen molar-refractivity contribution in [1.29, 1.82) is 5.26 Å². The fourth-order valence-electron chi connectivity index (χ4n) is 6.73. The summed E-state index contributed by atoms with van der Waals surface area (Å²) in [4.78, 5) is 20.4. The standard InChI is InChI=1S/C25H26N4O4/c1-10-5-12-6-14-16(8-26)29-15(20(28-14)18(12)23(31)24(10)32-3)7-13-19-17(29)9-27-21(19)25(33-4)11(2)22(13)30/h5,14-17,20,28,31H,6-7,9H2,1-4H3/t14-,15?,16-,17?,20-/m0/s1. The summed E-state index contributed by atoms with van der Waals surface area (Å²) < 4.78 is 11.1. The van der Waals surface area contributed by atoms with E-state index in [1.807, 2.05) is 6.92 Å². The molecular weight excluding hydrogens is 420 g/mol. The van der Waals surface area contributed by atoms with Gasteiger partial charge in [0.05, 0.1) is 38.9 Å². The average Bonchev–Trinajstić information content (AvgIpc) is 3.23. The van der Waals surface area contributed by atoms with Gasteiger partial charge in [-0.2, -0.15) is 5.26 Å². The summed E-state index contributed by atoms with van der Waals surface area (Å²) in [5.74, 6) is 1.16. The zero-order valence-electron chi connectivity index (χ0n) is 19.1. The second-order valence-corrected chi connectivity index (χ2v) is 9.48. The predicted molar refractivity (Wildman–Crippen MR) is 120 cm³/mol. The zero-order valence-corrected chi connectivity index (χ0v) is 19.1. The number of phenols is 1. The van der Waals surface area contributed by atoms with Crippen LogP contribution in [-0.2, 0) is 16.0 Å². The van der Waals surface area contributed by atoms with E-state index >= 15 is 0 Å². The van der Waals surface area contributed by atoms with Crippen LogP contribution >= 0.6 is 0 Å². The molecular formula is C25H26N4O4. The van der Waals surface area contributed by atoms with Crippen LogP contribution in [0.5, 0.6) is 11.5 Å². The van der Waals surface area contributed by atoms with Crippen molar-refractivity contribution >= 4 is 11.5 Å². The zero-order chi connectivity index (χ0) is 23.2. The molecule has 0 spiro atoms. The summed E-state index contributed by atoms with van der Waals surface area (Å²) in [6.45, 7) is 4.20. The number of nitriles is 1.